The minimum absolute atomic E-state index is 0.00176. The van der Waals surface area contributed by atoms with Crippen LogP contribution in [0.5, 0.6) is 0 Å². The summed E-state index contributed by atoms with van der Waals surface area (Å²) < 4.78 is 9.59. The summed E-state index contributed by atoms with van der Waals surface area (Å²) in [6.07, 6.45) is 4.10. The van der Waals surface area contributed by atoms with Gasteiger partial charge in [-0.1, -0.05) is 6.07 Å². The van der Waals surface area contributed by atoms with Crippen LogP contribution < -0.4 is 5.56 Å². The number of ether oxygens (including phenoxy) is 1. The molecule has 1 aliphatic heterocycles. The first-order valence-electron chi connectivity index (χ1n) is 8.96. The van der Waals surface area contributed by atoms with Gasteiger partial charge in [-0.25, -0.2) is 4.98 Å². The molecule has 3 aromatic rings. The Kier molecular flexibility index (Phi) is 4.38. The van der Waals surface area contributed by atoms with Crippen molar-refractivity contribution in [2.45, 2.75) is 39.0 Å². The van der Waals surface area contributed by atoms with Gasteiger partial charge in [0.15, 0.2) is 0 Å². The first-order valence-corrected chi connectivity index (χ1v) is 8.96. The first kappa shape index (κ1) is 17.0. The summed E-state index contributed by atoms with van der Waals surface area (Å²) in [6.45, 7) is 3.33. The zero-order chi connectivity index (χ0) is 18.3. The van der Waals surface area contributed by atoms with Crippen LogP contribution in [0, 0.1) is 6.92 Å². The fraction of sp³-hybridized carbons (Fsp3) is 0.400. The van der Waals surface area contributed by atoms with E-state index in [0.29, 0.717) is 12.1 Å². The molecule has 6 heteroatoms. The average Bonchev–Trinajstić information content (AvgIpc) is 3.27. The molecular weight excluding hydrogens is 330 g/mol. The van der Waals surface area contributed by atoms with Crippen LogP contribution in [-0.4, -0.2) is 31.9 Å². The monoisotopic (exact) mass is 353 g/mol. The Balaban J connectivity index is 1.91. The van der Waals surface area contributed by atoms with E-state index >= 15 is 0 Å². The fourth-order valence-corrected chi connectivity index (χ4v) is 3.66. The van der Waals surface area contributed by atoms with E-state index in [0.717, 1.165) is 47.4 Å². The summed E-state index contributed by atoms with van der Waals surface area (Å²) in [5.74, 6) is 0.823. The number of hydrogen-bond donors (Lipinski definition) is 1. The lowest BCUT2D eigenvalue weighted by molar-refractivity contribution is 0.0982. The second-order valence-electron chi connectivity index (χ2n) is 6.99. The van der Waals surface area contributed by atoms with Gasteiger partial charge in [0, 0.05) is 31.0 Å². The van der Waals surface area contributed by atoms with Crippen molar-refractivity contribution in [2.24, 2.45) is 7.05 Å². The summed E-state index contributed by atoms with van der Waals surface area (Å²) >= 11 is 0. The van der Waals surface area contributed by atoms with Crippen LogP contribution >= 0.6 is 0 Å². The lowest BCUT2D eigenvalue weighted by Crippen LogP contribution is -2.20. The van der Waals surface area contributed by atoms with Crippen molar-refractivity contribution in [1.82, 2.24) is 14.1 Å². The quantitative estimate of drug-likeness (QED) is 0.782. The molecule has 0 amide bonds. The van der Waals surface area contributed by atoms with Crippen molar-refractivity contribution < 1.29 is 9.84 Å². The highest BCUT2D eigenvalue weighted by Crippen LogP contribution is 2.28. The molecule has 1 aliphatic rings. The van der Waals surface area contributed by atoms with E-state index < -0.39 is 0 Å². The molecule has 2 aromatic heterocycles. The van der Waals surface area contributed by atoms with Gasteiger partial charge >= 0.3 is 0 Å². The number of pyridine rings is 1. The summed E-state index contributed by atoms with van der Waals surface area (Å²) in [5, 5.41) is 9.51. The molecule has 4 rings (SSSR count). The van der Waals surface area contributed by atoms with Crippen molar-refractivity contribution in [3.05, 3.63) is 51.9 Å². The molecule has 6 nitrogen and oxygen atoms in total. The lowest BCUT2D eigenvalue weighted by atomic mass is 10.2. The van der Waals surface area contributed by atoms with Gasteiger partial charge in [0.25, 0.3) is 5.56 Å². The summed E-state index contributed by atoms with van der Waals surface area (Å²) in [7, 11) is 1.76. The van der Waals surface area contributed by atoms with Crippen molar-refractivity contribution in [2.75, 3.05) is 6.61 Å². The number of nitrogens with zero attached hydrogens (tertiary/aromatic N) is 3. The molecule has 136 valence electrons. The minimum atomic E-state index is -0.00463. The molecule has 3 heterocycles. The molecule has 1 unspecified atom stereocenters. The van der Waals surface area contributed by atoms with Gasteiger partial charge in [0.05, 0.1) is 30.3 Å². The van der Waals surface area contributed by atoms with Crippen LogP contribution in [0.15, 0.2) is 35.3 Å². The highest BCUT2D eigenvalue weighted by molar-refractivity contribution is 5.81. The Hall–Kier alpha value is -2.44. The number of fused-ring (bicyclic) bond motifs is 1. The maximum atomic E-state index is 12.1. The largest absolute Gasteiger partial charge is 0.392 e. The van der Waals surface area contributed by atoms with E-state index in [4.69, 9.17) is 9.72 Å². The zero-order valence-corrected chi connectivity index (χ0v) is 15.1. The molecule has 0 bridgehead atoms. The predicted octanol–water partition coefficient (Wildman–Crippen LogP) is 2.38. The fourth-order valence-electron chi connectivity index (χ4n) is 3.66. The number of imidazole rings is 1. The minimum Gasteiger partial charge on any atom is -0.392 e. The maximum absolute atomic E-state index is 12.1. The molecular formula is C20H23N3O3. The van der Waals surface area contributed by atoms with Crippen LogP contribution in [0.2, 0.25) is 0 Å². The molecule has 0 saturated carbocycles. The predicted molar refractivity (Wildman–Crippen MR) is 100 cm³/mol. The van der Waals surface area contributed by atoms with Crippen molar-refractivity contribution >= 4 is 11.0 Å². The number of benzene rings is 1. The van der Waals surface area contributed by atoms with E-state index in [1.54, 1.807) is 11.6 Å². The third-order valence-corrected chi connectivity index (χ3v) is 5.03. The third kappa shape index (κ3) is 2.95. The van der Waals surface area contributed by atoms with Crippen molar-refractivity contribution in [1.29, 1.82) is 0 Å². The van der Waals surface area contributed by atoms with Crippen LogP contribution in [-0.2, 0) is 24.9 Å². The summed E-state index contributed by atoms with van der Waals surface area (Å²) in [5.41, 5.74) is 4.31. The second-order valence-corrected chi connectivity index (χ2v) is 6.99. The van der Waals surface area contributed by atoms with Crippen LogP contribution in [0.25, 0.3) is 22.4 Å². The smallest absolute Gasteiger partial charge is 0.253 e. The van der Waals surface area contributed by atoms with E-state index in [9.17, 15) is 9.90 Å². The summed E-state index contributed by atoms with van der Waals surface area (Å²) in [4.78, 5) is 16.9. The molecule has 1 atom stereocenters. The Morgan fingerprint density at radius 2 is 2.19 bits per heavy atom. The standard InChI is InChI=1S/C20H23N3O3/c1-13-8-15(10-22(2)20(13)25)19-21-17-6-5-14(12-24)9-18(17)23(19)11-16-4-3-7-26-16/h5-6,8-10,16,24H,3-4,7,11-12H2,1-2H3. The summed E-state index contributed by atoms with van der Waals surface area (Å²) in [6, 6.07) is 7.70. The Labute approximate surface area is 151 Å². The number of aliphatic hydroxyl groups excluding tert-OH is 1. The SMILES string of the molecule is Cc1cc(-c2nc3ccc(CO)cc3n2CC2CCCO2)cn(C)c1=O. The van der Waals surface area contributed by atoms with E-state index in [1.165, 1.54) is 0 Å². The number of aromatic nitrogens is 3. The Morgan fingerprint density at radius 3 is 2.88 bits per heavy atom. The van der Waals surface area contributed by atoms with Crippen LogP contribution in [0.1, 0.15) is 24.0 Å². The van der Waals surface area contributed by atoms with E-state index in [1.807, 2.05) is 37.4 Å². The van der Waals surface area contributed by atoms with Gasteiger partial charge in [-0.3, -0.25) is 4.79 Å². The van der Waals surface area contributed by atoms with Crippen LogP contribution in [0.3, 0.4) is 0 Å². The number of aryl methyl sites for hydroxylation is 2. The van der Waals surface area contributed by atoms with Gasteiger partial charge in [0.2, 0.25) is 0 Å². The third-order valence-electron chi connectivity index (χ3n) is 5.03. The molecule has 1 N–H and O–H groups in total. The average molecular weight is 353 g/mol. The van der Waals surface area contributed by atoms with E-state index in [2.05, 4.69) is 4.57 Å². The zero-order valence-electron chi connectivity index (χ0n) is 15.1. The van der Waals surface area contributed by atoms with Gasteiger partial charge < -0.3 is 19.0 Å². The first-order chi connectivity index (χ1) is 12.6. The second kappa shape index (κ2) is 6.70. The molecule has 26 heavy (non-hydrogen) atoms. The molecule has 0 spiro atoms. The highest BCUT2D eigenvalue weighted by Gasteiger charge is 2.21. The highest BCUT2D eigenvalue weighted by atomic mass is 16.5. The lowest BCUT2D eigenvalue weighted by Gasteiger charge is -2.15. The molecule has 1 saturated heterocycles. The molecule has 1 aromatic carbocycles. The van der Waals surface area contributed by atoms with Crippen molar-refractivity contribution in [3.8, 4) is 11.4 Å². The molecule has 1 fully saturated rings. The van der Waals surface area contributed by atoms with Gasteiger partial charge in [0.1, 0.15) is 5.82 Å². The van der Waals surface area contributed by atoms with E-state index in [-0.39, 0.29) is 18.3 Å². The van der Waals surface area contributed by atoms with Crippen LogP contribution in [0.4, 0.5) is 0 Å². The Morgan fingerprint density at radius 1 is 1.35 bits per heavy atom. The molecule has 0 aliphatic carbocycles. The number of hydrogen-bond acceptors (Lipinski definition) is 4. The number of aliphatic hydroxyl groups is 1. The van der Waals surface area contributed by atoms with Gasteiger partial charge in [-0.2, -0.15) is 0 Å². The topological polar surface area (TPSA) is 69.3 Å². The normalized spacial score (nSPS) is 17.3. The van der Waals surface area contributed by atoms with Gasteiger partial charge in [-0.05, 0) is 43.5 Å². The molecule has 0 radical (unpaired) electrons. The van der Waals surface area contributed by atoms with Gasteiger partial charge in [-0.15, -0.1) is 0 Å². The van der Waals surface area contributed by atoms with Crippen molar-refractivity contribution in [3.63, 3.8) is 0 Å². The number of rotatable bonds is 4. The maximum Gasteiger partial charge on any atom is 0.253 e. The Bertz CT molecular complexity index is 987.